The van der Waals surface area contributed by atoms with Gasteiger partial charge < -0.3 is 4.90 Å². The van der Waals surface area contributed by atoms with E-state index in [9.17, 15) is 14.0 Å². The van der Waals surface area contributed by atoms with Crippen molar-refractivity contribution >= 4 is 40.4 Å². The Labute approximate surface area is 178 Å². The van der Waals surface area contributed by atoms with Gasteiger partial charge in [-0.15, -0.1) is 0 Å². The summed E-state index contributed by atoms with van der Waals surface area (Å²) in [5.74, 6) is -1.37. The van der Waals surface area contributed by atoms with Crippen molar-refractivity contribution in [1.82, 2.24) is 0 Å². The Morgan fingerprint density at radius 2 is 1.57 bits per heavy atom. The molecule has 3 aromatic carbocycles. The third-order valence-electron chi connectivity index (χ3n) is 5.08. The molecule has 3 aromatic rings. The van der Waals surface area contributed by atoms with E-state index in [0.717, 1.165) is 16.2 Å². The zero-order valence-electron chi connectivity index (χ0n) is 16.4. The molecule has 0 N–H and O–H groups in total. The Kier molecular flexibility index (Phi) is 5.14. The van der Waals surface area contributed by atoms with E-state index in [1.54, 1.807) is 30.1 Å². The highest BCUT2D eigenvalue weighted by Gasteiger charge is 2.42. The summed E-state index contributed by atoms with van der Waals surface area (Å²) in [4.78, 5) is 29.7. The van der Waals surface area contributed by atoms with Crippen molar-refractivity contribution in [3.8, 4) is 0 Å². The normalized spacial score (nSPS) is 13.9. The van der Waals surface area contributed by atoms with E-state index in [0.29, 0.717) is 16.3 Å². The van der Waals surface area contributed by atoms with E-state index in [4.69, 9.17) is 11.6 Å². The summed E-state index contributed by atoms with van der Waals surface area (Å²) in [6.45, 7) is 1.84. The fourth-order valence-corrected chi connectivity index (χ4v) is 3.62. The highest BCUT2D eigenvalue weighted by Crippen LogP contribution is 2.37. The van der Waals surface area contributed by atoms with Gasteiger partial charge in [-0.1, -0.05) is 48.0 Å². The van der Waals surface area contributed by atoms with Gasteiger partial charge in [0.05, 0.1) is 11.3 Å². The van der Waals surface area contributed by atoms with E-state index < -0.39 is 17.6 Å². The molecule has 0 bridgehead atoms. The van der Waals surface area contributed by atoms with E-state index in [1.807, 2.05) is 37.3 Å². The topological polar surface area (TPSA) is 40.6 Å². The first-order valence-electron chi connectivity index (χ1n) is 9.32. The fraction of sp³-hybridized carbons (Fsp3) is 0.0833. The number of para-hydroxylation sites is 1. The van der Waals surface area contributed by atoms with Crippen LogP contribution in [-0.4, -0.2) is 18.9 Å². The van der Waals surface area contributed by atoms with E-state index in [-0.39, 0.29) is 11.3 Å². The number of benzene rings is 3. The summed E-state index contributed by atoms with van der Waals surface area (Å²) < 4.78 is 13.5. The molecule has 0 aromatic heterocycles. The Morgan fingerprint density at radius 3 is 2.20 bits per heavy atom. The molecule has 0 aliphatic carbocycles. The summed E-state index contributed by atoms with van der Waals surface area (Å²) in [5.41, 5.74) is 2.87. The predicted molar refractivity (Wildman–Crippen MR) is 117 cm³/mol. The van der Waals surface area contributed by atoms with Gasteiger partial charge in [-0.05, 0) is 54.4 Å². The van der Waals surface area contributed by atoms with Crippen LogP contribution in [0.1, 0.15) is 11.1 Å². The van der Waals surface area contributed by atoms with Crippen LogP contribution in [0.25, 0.3) is 5.57 Å². The number of carbonyl (C=O) groups excluding carboxylic acids is 2. The Hall–Kier alpha value is -3.44. The molecule has 30 heavy (non-hydrogen) atoms. The lowest BCUT2D eigenvalue weighted by molar-refractivity contribution is -0.120. The average Bonchev–Trinajstić information content (AvgIpc) is 3.01. The van der Waals surface area contributed by atoms with Crippen molar-refractivity contribution in [2.45, 2.75) is 6.92 Å². The molecular formula is C24H18ClFN2O2. The maximum Gasteiger partial charge on any atom is 0.282 e. The van der Waals surface area contributed by atoms with Crippen LogP contribution < -0.4 is 9.80 Å². The zero-order valence-corrected chi connectivity index (χ0v) is 17.2. The maximum absolute atomic E-state index is 13.5. The van der Waals surface area contributed by atoms with Gasteiger partial charge in [0.2, 0.25) is 0 Å². The largest absolute Gasteiger partial charge is 0.339 e. The van der Waals surface area contributed by atoms with Crippen LogP contribution >= 0.6 is 11.6 Å². The smallest absolute Gasteiger partial charge is 0.282 e. The van der Waals surface area contributed by atoms with Crippen LogP contribution in [-0.2, 0) is 9.59 Å². The summed E-state index contributed by atoms with van der Waals surface area (Å²) in [5, 5.41) is 0.460. The quantitative estimate of drug-likeness (QED) is 0.544. The number of anilines is 2. The Bertz CT molecular complexity index is 1170. The Morgan fingerprint density at radius 1 is 0.900 bits per heavy atom. The molecule has 0 spiro atoms. The molecule has 2 amide bonds. The number of halogens is 2. The van der Waals surface area contributed by atoms with Crippen molar-refractivity contribution in [1.29, 1.82) is 0 Å². The van der Waals surface area contributed by atoms with Crippen LogP contribution in [0.5, 0.6) is 0 Å². The van der Waals surface area contributed by atoms with Crippen LogP contribution in [0.4, 0.5) is 15.8 Å². The SMILES string of the molecule is Cc1ccc(N2C(=O)C(c3ccc(F)cc3)=C(N(C)c3ccccc3)C2=O)cc1Cl. The van der Waals surface area contributed by atoms with Crippen LogP contribution in [0.2, 0.25) is 5.02 Å². The molecule has 1 aliphatic rings. The van der Waals surface area contributed by atoms with Crippen LogP contribution in [0, 0.1) is 12.7 Å². The highest BCUT2D eigenvalue weighted by atomic mass is 35.5. The third-order valence-corrected chi connectivity index (χ3v) is 5.49. The molecule has 4 rings (SSSR count). The standard InChI is InChI=1S/C24H18ClFN2O2/c1-15-8-13-19(14-20(15)25)28-23(29)21(16-9-11-17(26)12-10-16)22(24(28)30)27(2)18-6-4-3-5-7-18/h3-14H,1-2H3. The molecule has 0 radical (unpaired) electrons. The lowest BCUT2D eigenvalue weighted by Gasteiger charge is -2.21. The average molecular weight is 421 g/mol. The van der Waals surface area contributed by atoms with Crippen molar-refractivity contribution in [2.24, 2.45) is 0 Å². The minimum atomic E-state index is -0.482. The molecule has 4 nitrogen and oxygen atoms in total. The lowest BCUT2D eigenvalue weighted by atomic mass is 10.0. The summed E-state index contributed by atoms with van der Waals surface area (Å²) in [6.07, 6.45) is 0. The maximum atomic E-state index is 13.5. The summed E-state index contributed by atoms with van der Waals surface area (Å²) in [6, 6.07) is 19.8. The highest BCUT2D eigenvalue weighted by molar-refractivity contribution is 6.46. The first kappa shape index (κ1) is 19.9. The monoisotopic (exact) mass is 420 g/mol. The second kappa shape index (κ2) is 7.76. The number of likely N-dealkylation sites (N-methyl/N-ethyl adjacent to an activating group) is 1. The summed E-state index contributed by atoms with van der Waals surface area (Å²) >= 11 is 6.24. The van der Waals surface area contributed by atoms with Gasteiger partial charge in [-0.25, -0.2) is 9.29 Å². The number of carbonyl (C=O) groups is 2. The number of nitrogens with zero attached hydrogens (tertiary/aromatic N) is 2. The Balaban J connectivity index is 1.88. The van der Waals surface area contributed by atoms with Gasteiger partial charge in [0.1, 0.15) is 11.5 Å². The molecular weight excluding hydrogens is 403 g/mol. The first-order chi connectivity index (χ1) is 14.4. The molecule has 6 heteroatoms. The van der Waals surface area contributed by atoms with Crippen molar-refractivity contribution in [3.05, 3.63) is 100 Å². The number of imide groups is 1. The fourth-order valence-electron chi connectivity index (χ4n) is 3.44. The number of hydrogen-bond donors (Lipinski definition) is 0. The molecule has 150 valence electrons. The van der Waals surface area contributed by atoms with Crippen LogP contribution in [0.15, 0.2) is 78.5 Å². The van der Waals surface area contributed by atoms with Gasteiger partial charge in [-0.3, -0.25) is 9.59 Å². The van der Waals surface area contributed by atoms with Gasteiger partial charge in [0.15, 0.2) is 0 Å². The van der Waals surface area contributed by atoms with Gasteiger partial charge in [0, 0.05) is 17.8 Å². The van der Waals surface area contributed by atoms with E-state index >= 15 is 0 Å². The molecule has 1 aliphatic heterocycles. The van der Waals surface area contributed by atoms with E-state index in [1.165, 1.54) is 24.3 Å². The second-order valence-corrected chi connectivity index (χ2v) is 7.41. The van der Waals surface area contributed by atoms with Gasteiger partial charge in [-0.2, -0.15) is 0 Å². The number of amides is 2. The molecule has 0 atom stereocenters. The van der Waals surface area contributed by atoms with E-state index in [2.05, 4.69) is 0 Å². The minimum absolute atomic E-state index is 0.211. The van der Waals surface area contributed by atoms with Gasteiger partial charge >= 0.3 is 0 Å². The second-order valence-electron chi connectivity index (χ2n) is 7.00. The third kappa shape index (κ3) is 3.37. The first-order valence-corrected chi connectivity index (χ1v) is 9.70. The van der Waals surface area contributed by atoms with Gasteiger partial charge in [0.25, 0.3) is 11.8 Å². The molecule has 1 heterocycles. The molecule has 0 unspecified atom stereocenters. The molecule has 0 fully saturated rings. The molecule has 0 saturated carbocycles. The zero-order chi connectivity index (χ0) is 21.4. The predicted octanol–water partition coefficient (Wildman–Crippen LogP) is 5.21. The molecule has 0 saturated heterocycles. The van der Waals surface area contributed by atoms with Crippen LogP contribution in [0.3, 0.4) is 0 Å². The number of hydrogen-bond acceptors (Lipinski definition) is 3. The van der Waals surface area contributed by atoms with Crippen molar-refractivity contribution in [3.63, 3.8) is 0 Å². The number of rotatable bonds is 4. The lowest BCUT2D eigenvalue weighted by Crippen LogP contribution is -2.34. The van der Waals surface area contributed by atoms with Crippen molar-refractivity contribution < 1.29 is 14.0 Å². The van der Waals surface area contributed by atoms with Crippen molar-refractivity contribution in [2.75, 3.05) is 16.8 Å². The minimum Gasteiger partial charge on any atom is -0.339 e. The number of aryl methyl sites for hydroxylation is 1. The summed E-state index contributed by atoms with van der Waals surface area (Å²) in [7, 11) is 1.73.